The molecule has 0 saturated heterocycles. The molecule has 4 aromatic rings. The van der Waals surface area contributed by atoms with Crippen LogP contribution >= 0.6 is 11.3 Å². The Kier molecular flexibility index (Phi) is 7.51. The van der Waals surface area contributed by atoms with E-state index in [9.17, 15) is 14.4 Å². The summed E-state index contributed by atoms with van der Waals surface area (Å²) in [4.78, 5) is 42.4. The average Bonchev–Trinajstić information content (AvgIpc) is 3.24. The normalized spacial score (nSPS) is 10.9. The smallest absolute Gasteiger partial charge is 0.340 e. The van der Waals surface area contributed by atoms with E-state index in [2.05, 4.69) is 29.2 Å². The van der Waals surface area contributed by atoms with Crippen molar-refractivity contribution in [2.45, 2.75) is 26.9 Å². The zero-order chi connectivity index (χ0) is 24.8. The Balaban J connectivity index is 1.41. The van der Waals surface area contributed by atoms with Gasteiger partial charge in [0, 0.05) is 12.5 Å². The molecule has 180 valence electrons. The predicted octanol–water partition coefficient (Wildman–Crippen LogP) is 3.72. The summed E-state index contributed by atoms with van der Waals surface area (Å²) in [6.45, 7) is 3.74. The highest BCUT2D eigenvalue weighted by atomic mass is 32.1. The first-order chi connectivity index (χ1) is 16.9. The minimum Gasteiger partial charge on any atom is -0.484 e. The summed E-state index contributed by atoms with van der Waals surface area (Å²) < 4.78 is 12.1. The maximum Gasteiger partial charge on any atom is 0.340 e. The monoisotopic (exact) mass is 492 g/mol. The molecule has 0 atom stereocenters. The van der Waals surface area contributed by atoms with Crippen molar-refractivity contribution in [2.75, 3.05) is 11.9 Å². The summed E-state index contributed by atoms with van der Waals surface area (Å²) in [5, 5.41) is 7.80. The number of carbonyl (C=O) groups excluding carboxylic acids is 2. The molecule has 0 fully saturated rings. The largest absolute Gasteiger partial charge is 0.484 e. The fourth-order valence-corrected chi connectivity index (χ4v) is 4.37. The second kappa shape index (κ2) is 10.9. The Morgan fingerprint density at radius 2 is 1.83 bits per heavy atom. The van der Waals surface area contributed by atoms with Gasteiger partial charge in [-0.1, -0.05) is 55.5 Å². The minimum atomic E-state index is -0.656. The van der Waals surface area contributed by atoms with Crippen LogP contribution < -0.4 is 15.6 Å². The number of aromatic nitrogens is 3. The van der Waals surface area contributed by atoms with Gasteiger partial charge in [-0.15, -0.1) is 0 Å². The number of hydrogen-bond acceptors (Lipinski definition) is 8. The topological polar surface area (TPSA) is 112 Å². The summed E-state index contributed by atoms with van der Waals surface area (Å²) in [5.41, 5.74) is 0.457. The SMILES string of the molecule is CC(C)Cc1nn2c(=O)cc(COC(=O)c3ccccc3NC(=O)COc3ccccc3)nc2s1. The van der Waals surface area contributed by atoms with Crippen LogP contribution in [-0.2, 0) is 22.6 Å². The molecule has 0 spiro atoms. The van der Waals surface area contributed by atoms with Gasteiger partial charge in [0.2, 0.25) is 4.96 Å². The molecule has 2 aromatic carbocycles. The van der Waals surface area contributed by atoms with E-state index in [1.54, 1.807) is 48.5 Å². The Labute approximate surface area is 205 Å². The first-order valence-corrected chi connectivity index (χ1v) is 11.8. The van der Waals surface area contributed by atoms with Gasteiger partial charge in [0.05, 0.1) is 16.9 Å². The van der Waals surface area contributed by atoms with Crippen LogP contribution in [0, 0.1) is 5.92 Å². The highest BCUT2D eigenvalue weighted by molar-refractivity contribution is 7.16. The molecule has 0 aliphatic carbocycles. The molecule has 1 amide bonds. The van der Waals surface area contributed by atoms with Crippen LogP contribution in [0.1, 0.15) is 34.9 Å². The molecule has 0 saturated carbocycles. The minimum absolute atomic E-state index is 0.176. The fraction of sp³-hybridized carbons (Fsp3) is 0.240. The third kappa shape index (κ3) is 6.30. The Hall–Kier alpha value is -4.05. The number of para-hydroxylation sites is 2. The molecular weight excluding hydrogens is 468 g/mol. The Bertz CT molecular complexity index is 1400. The number of rotatable bonds is 9. The van der Waals surface area contributed by atoms with E-state index in [-0.39, 0.29) is 24.3 Å². The molecule has 10 heteroatoms. The second-order valence-corrected chi connectivity index (χ2v) is 9.19. The van der Waals surface area contributed by atoms with Crippen LogP contribution in [0.25, 0.3) is 4.96 Å². The molecule has 0 bridgehead atoms. The van der Waals surface area contributed by atoms with Crippen molar-refractivity contribution >= 4 is 33.9 Å². The molecule has 0 aliphatic heterocycles. The van der Waals surface area contributed by atoms with Crippen LogP contribution in [0.3, 0.4) is 0 Å². The van der Waals surface area contributed by atoms with E-state index in [4.69, 9.17) is 9.47 Å². The molecule has 2 aromatic heterocycles. The van der Waals surface area contributed by atoms with E-state index in [1.807, 2.05) is 6.07 Å². The van der Waals surface area contributed by atoms with Gasteiger partial charge in [0.25, 0.3) is 11.5 Å². The van der Waals surface area contributed by atoms with E-state index in [0.717, 1.165) is 11.4 Å². The first-order valence-electron chi connectivity index (χ1n) is 11.0. The van der Waals surface area contributed by atoms with Gasteiger partial charge >= 0.3 is 5.97 Å². The quantitative estimate of drug-likeness (QED) is 0.354. The van der Waals surface area contributed by atoms with Gasteiger partial charge in [-0.25, -0.2) is 9.78 Å². The molecule has 0 unspecified atom stereocenters. The number of nitrogens with zero attached hydrogens (tertiary/aromatic N) is 3. The zero-order valence-electron chi connectivity index (χ0n) is 19.3. The standard InChI is InChI=1S/C25H24N4O5S/c1-16(2)12-22-28-29-23(31)13-17(26-25(29)35-22)14-34-24(32)19-10-6-7-11-20(19)27-21(30)15-33-18-8-4-3-5-9-18/h3-11,13,16H,12,14-15H2,1-2H3,(H,27,30). The number of carbonyl (C=O) groups is 2. The Morgan fingerprint density at radius 1 is 1.09 bits per heavy atom. The third-order valence-corrected chi connectivity index (χ3v) is 5.74. The van der Waals surface area contributed by atoms with Crippen LogP contribution in [0.5, 0.6) is 5.75 Å². The number of hydrogen-bond donors (Lipinski definition) is 1. The number of benzene rings is 2. The first kappa shape index (κ1) is 24.1. The zero-order valence-corrected chi connectivity index (χ0v) is 20.1. The summed E-state index contributed by atoms with van der Waals surface area (Å²) in [5.74, 6) is -0.113. The maximum absolute atomic E-state index is 12.7. The summed E-state index contributed by atoms with van der Waals surface area (Å²) >= 11 is 1.34. The van der Waals surface area contributed by atoms with Gasteiger partial charge in [-0.2, -0.15) is 9.61 Å². The highest BCUT2D eigenvalue weighted by Gasteiger charge is 2.16. The van der Waals surface area contributed by atoms with Gasteiger partial charge in [-0.3, -0.25) is 9.59 Å². The van der Waals surface area contributed by atoms with Crippen molar-refractivity contribution in [1.29, 1.82) is 0 Å². The van der Waals surface area contributed by atoms with Gasteiger partial charge < -0.3 is 14.8 Å². The molecule has 9 nitrogen and oxygen atoms in total. The number of ether oxygens (including phenoxy) is 2. The van der Waals surface area contributed by atoms with Crippen LogP contribution in [0.4, 0.5) is 5.69 Å². The van der Waals surface area contributed by atoms with Crippen LogP contribution in [0.15, 0.2) is 65.5 Å². The van der Waals surface area contributed by atoms with Crippen molar-refractivity contribution in [3.63, 3.8) is 0 Å². The number of fused-ring (bicyclic) bond motifs is 1. The van der Waals surface area contributed by atoms with Crippen molar-refractivity contribution in [2.24, 2.45) is 5.92 Å². The summed E-state index contributed by atoms with van der Waals surface area (Å²) in [6.07, 6.45) is 0.747. The lowest BCUT2D eigenvalue weighted by molar-refractivity contribution is -0.118. The van der Waals surface area contributed by atoms with E-state index < -0.39 is 11.9 Å². The van der Waals surface area contributed by atoms with Crippen molar-refractivity contribution in [3.05, 3.63) is 87.3 Å². The van der Waals surface area contributed by atoms with Crippen molar-refractivity contribution < 1.29 is 19.1 Å². The number of nitrogens with one attached hydrogen (secondary N) is 1. The van der Waals surface area contributed by atoms with E-state index >= 15 is 0 Å². The summed E-state index contributed by atoms with van der Waals surface area (Å²) in [6, 6.07) is 16.7. The highest BCUT2D eigenvalue weighted by Crippen LogP contribution is 2.18. The van der Waals surface area contributed by atoms with Crippen molar-refractivity contribution in [1.82, 2.24) is 14.6 Å². The average molecular weight is 493 g/mol. The molecule has 0 aliphatic rings. The molecule has 1 N–H and O–H groups in total. The number of amides is 1. The Morgan fingerprint density at radius 3 is 2.60 bits per heavy atom. The molecular formula is C25H24N4O5S. The van der Waals surface area contributed by atoms with Crippen molar-refractivity contribution in [3.8, 4) is 5.75 Å². The van der Waals surface area contributed by atoms with Gasteiger partial charge in [0.15, 0.2) is 6.61 Å². The molecule has 4 rings (SSSR count). The number of esters is 1. The third-order valence-electron chi connectivity index (χ3n) is 4.81. The fourth-order valence-electron chi connectivity index (χ4n) is 3.24. The lowest BCUT2D eigenvalue weighted by Crippen LogP contribution is -2.22. The number of anilines is 1. The van der Waals surface area contributed by atoms with E-state index in [0.29, 0.717) is 28.0 Å². The molecule has 2 heterocycles. The molecule has 35 heavy (non-hydrogen) atoms. The van der Waals surface area contributed by atoms with Crippen LogP contribution in [0.2, 0.25) is 0 Å². The lowest BCUT2D eigenvalue weighted by atomic mass is 10.1. The van der Waals surface area contributed by atoms with Crippen LogP contribution in [-0.4, -0.2) is 33.1 Å². The second-order valence-electron chi connectivity index (χ2n) is 8.15. The molecule has 0 radical (unpaired) electrons. The maximum atomic E-state index is 12.7. The lowest BCUT2D eigenvalue weighted by Gasteiger charge is -2.11. The summed E-state index contributed by atoms with van der Waals surface area (Å²) in [7, 11) is 0. The van der Waals surface area contributed by atoms with Gasteiger partial charge in [-0.05, 0) is 30.2 Å². The van der Waals surface area contributed by atoms with E-state index in [1.165, 1.54) is 21.9 Å². The van der Waals surface area contributed by atoms with Gasteiger partial charge in [0.1, 0.15) is 17.4 Å². The predicted molar refractivity (Wildman–Crippen MR) is 132 cm³/mol.